The first-order chi connectivity index (χ1) is 13.1. The highest BCUT2D eigenvalue weighted by Crippen LogP contribution is 2.22. The molecule has 0 unspecified atom stereocenters. The molecule has 1 amide bonds. The molecule has 136 valence electrons. The van der Waals surface area contributed by atoms with E-state index in [0.717, 1.165) is 11.1 Å². The van der Waals surface area contributed by atoms with Gasteiger partial charge in [0.25, 0.3) is 5.91 Å². The summed E-state index contributed by atoms with van der Waals surface area (Å²) in [6, 6.07) is 17.7. The number of amides is 1. The van der Waals surface area contributed by atoms with Crippen LogP contribution in [0.5, 0.6) is 0 Å². The lowest BCUT2D eigenvalue weighted by Gasteiger charge is -2.02. The molecule has 1 heterocycles. The number of esters is 1. The van der Waals surface area contributed by atoms with Crippen LogP contribution >= 0.6 is 0 Å². The van der Waals surface area contributed by atoms with Gasteiger partial charge in [-0.05, 0) is 42.8 Å². The molecule has 3 aromatic rings. The second kappa shape index (κ2) is 8.14. The largest absolute Gasteiger partial charge is 0.465 e. The fourth-order valence-electron chi connectivity index (χ4n) is 2.51. The number of ether oxygens (including phenoxy) is 1. The van der Waals surface area contributed by atoms with Gasteiger partial charge >= 0.3 is 5.97 Å². The molecule has 6 heteroatoms. The number of hydrogen-bond donors (Lipinski definition) is 1. The summed E-state index contributed by atoms with van der Waals surface area (Å²) >= 11 is 0. The van der Waals surface area contributed by atoms with Crippen molar-refractivity contribution in [2.45, 2.75) is 6.92 Å². The average molecular weight is 362 g/mol. The van der Waals surface area contributed by atoms with Crippen LogP contribution in [0.15, 0.2) is 70.2 Å². The highest BCUT2D eigenvalue weighted by Gasteiger charge is 2.08. The van der Waals surface area contributed by atoms with Crippen molar-refractivity contribution in [1.29, 1.82) is 0 Å². The minimum Gasteiger partial charge on any atom is -0.465 e. The van der Waals surface area contributed by atoms with Gasteiger partial charge in [-0.1, -0.05) is 30.3 Å². The Balaban J connectivity index is 1.65. The summed E-state index contributed by atoms with van der Waals surface area (Å²) in [6.07, 6.45) is 1.43. The summed E-state index contributed by atoms with van der Waals surface area (Å²) in [5, 5.41) is 3.93. The van der Waals surface area contributed by atoms with Gasteiger partial charge in [0.1, 0.15) is 11.5 Å². The lowest BCUT2D eigenvalue weighted by atomic mass is 10.1. The van der Waals surface area contributed by atoms with Crippen molar-refractivity contribution in [2.24, 2.45) is 5.10 Å². The maximum atomic E-state index is 12.1. The second-order valence-electron chi connectivity index (χ2n) is 5.78. The summed E-state index contributed by atoms with van der Waals surface area (Å²) in [6.45, 7) is 1.86. The van der Waals surface area contributed by atoms with Crippen LogP contribution in [0.3, 0.4) is 0 Å². The smallest absolute Gasteiger partial charge is 0.337 e. The van der Waals surface area contributed by atoms with Crippen LogP contribution < -0.4 is 5.43 Å². The van der Waals surface area contributed by atoms with E-state index in [-0.39, 0.29) is 5.91 Å². The first-order valence-corrected chi connectivity index (χ1v) is 8.26. The van der Waals surface area contributed by atoms with Gasteiger partial charge in [0.2, 0.25) is 0 Å². The fourth-order valence-corrected chi connectivity index (χ4v) is 2.51. The predicted molar refractivity (Wildman–Crippen MR) is 102 cm³/mol. The number of carbonyl (C=O) groups is 2. The van der Waals surface area contributed by atoms with E-state index >= 15 is 0 Å². The highest BCUT2D eigenvalue weighted by molar-refractivity contribution is 5.96. The maximum absolute atomic E-state index is 12.1. The first kappa shape index (κ1) is 18.1. The molecule has 0 aliphatic heterocycles. The molecule has 0 spiro atoms. The summed E-state index contributed by atoms with van der Waals surface area (Å²) in [7, 11) is 1.34. The predicted octanol–water partition coefficient (Wildman–Crippen LogP) is 3.81. The third kappa shape index (κ3) is 4.30. The van der Waals surface area contributed by atoms with Gasteiger partial charge in [0.15, 0.2) is 0 Å². The molecule has 0 bridgehead atoms. The molecule has 0 fully saturated rings. The van der Waals surface area contributed by atoms with Crippen LogP contribution in [0, 0.1) is 6.92 Å². The maximum Gasteiger partial charge on any atom is 0.337 e. The molecule has 0 atom stereocenters. The SMILES string of the molecule is COC(=O)c1ccc(-c2ccc(/C=N\NC(=O)c3ccccc3C)o2)cc1. The Bertz CT molecular complexity index is 987. The molecule has 6 nitrogen and oxygen atoms in total. The van der Waals surface area contributed by atoms with Gasteiger partial charge in [-0.3, -0.25) is 4.79 Å². The molecule has 0 saturated heterocycles. The van der Waals surface area contributed by atoms with Gasteiger partial charge in [-0.15, -0.1) is 0 Å². The average Bonchev–Trinajstić information content (AvgIpc) is 3.16. The van der Waals surface area contributed by atoms with E-state index < -0.39 is 5.97 Å². The summed E-state index contributed by atoms with van der Waals surface area (Å²) in [5.74, 6) is 0.443. The molecule has 0 radical (unpaired) electrons. The van der Waals surface area contributed by atoms with Crippen LogP contribution in [0.2, 0.25) is 0 Å². The molecule has 3 rings (SSSR count). The number of methoxy groups -OCH3 is 1. The Morgan fingerprint density at radius 2 is 1.78 bits per heavy atom. The summed E-state index contributed by atoms with van der Waals surface area (Å²) < 4.78 is 10.4. The van der Waals surface area contributed by atoms with Gasteiger partial charge in [0.05, 0.1) is 18.9 Å². The molecule has 0 saturated carbocycles. The highest BCUT2D eigenvalue weighted by atomic mass is 16.5. The Kier molecular flexibility index (Phi) is 5.47. The normalized spacial score (nSPS) is 10.7. The van der Waals surface area contributed by atoms with E-state index in [1.54, 1.807) is 48.5 Å². The molecule has 2 aromatic carbocycles. The number of nitrogens with one attached hydrogen (secondary N) is 1. The van der Waals surface area contributed by atoms with E-state index in [1.165, 1.54) is 13.3 Å². The minimum atomic E-state index is -0.391. The Hall–Kier alpha value is -3.67. The number of benzene rings is 2. The Morgan fingerprint density at radius 1 is 1.04 bits per heavy atom. The number of aryl methyl sites for hydroxylation is 1. The minimum absolute atomic E-state index is 0.283. The fraction of sp³-hybridized carbons (Fsp3) is 0.0952. The quantitative estimate of drug-likeness (QED) is 0.425. The zero-order chi connectivity index (χ0) is 19.2. The van der Waals surface area contributed by atoms with Crippen molar-refractivity contribution in [2.75, 3.05) is 7.11 Å². The number of hydrazone groups is 1. The van der Waals surface area contributed by atoms with Crippen molar-refractivity contribution < 1.29 is 18.7 Å². The Morgan fingerprint density at radius 3 is 2.48 bits per heavy atom. The molecule has 1 N–H and O–H groups in total. The van der Waals surface area contributed by atoms with Crippen LogP contribution in [-0.2, 0) is 4.74 Å². The van der Waals surface area contributed by atoms with Crippen molar-refractivity contribution in [3.8, 4) is 11.3 Å². The number of hydrogen-bond acceptors (Lipinski definition) is 5. The van der Waals surface area contributed by atoms with E-state index in [9.17, 15) is 9.59 Å². The number of rotatable bonds is 5. The first-order valence-electron chi connectivity index (χ1n) is 8.26. The molecule has 0 aliphatic rings. The lowest BCUT2D eigenvalue weighted by molar-refractivity contribution is 0.0600. The standard InChI is InChI=1S/C21H18N2O4/c1-14-5-3-4-6-18(14)20(24)23-22-13-17-11-12-19(27-17)15-7-9-16(10-8-15)21(25)26-2/h3-13H,1-2H3,(H,23,24)/b22-13-. The van der Waals surface area contributed by atoms with Crippen LogP contribution in [0.4, 0.5) is 0 Å². The van der Waals surface area contributed by atoms with Gasteiger partial charge in [0, 0.05) is 11.1 Å². The van der Waals surface area contributed by atoms with Crippen LogP contribution in [0.25, 0.3) is 11.3 Å². The number of carbonyl (C=O) groups excluding carboxylic acids is 2. The topological polar surface area (TPSA) is 80.9 Å². The van der Waals surface area contributed by atoms with Crippen molar-refractivity contribution in [3.63, 3.8) is 0 Å². The monoisotopic (exact) mass is 362 g/mol. The third-order valence-corrected chi connectivity index (χ3v) is 3.96. The van der Waals surface area contributed by atoms with Crippen molar-refractivity contribution in [1.82, 2.24) is 5.43 Å². The van der Waals surface area contributed by atoms with Crippen LogP contribution in [-0.4, -0.2) is 25.2 Å². The van der Waals surface area contributed by atoms with Gasteiger partial charge in [-0.25, -0.2) is 10.2 Å². The Labute approximate surface area is 156 Å². The van der Waals surface area contributed by atoms with Gasteiger partial charge in [-0.2, -0.15) is 5.10 Å². The zero-order valence-electron chi connectivity index (χ0n) is 14.9. The molecular weight excluding hydrogens is 344 g/mol. The lowest BCUT2D eigenvalue weighted by Crippen LogP contribution is -2.18. The third-order valence-electron chi connectivity index (χ3n) is 3.96. The molecule has 1 aromatic heterocycles. The molecule has 27 heavy (non-hydrogen) atoms. The summed E-state index contributed by atoms with van der Waals surface area (Å²) in [4.78, 5) is 23.6. The van der Waals surface area contributed by atoms with Crippen molar-refractivity contribution >= 4 is 18.1 Å². The van der Waals surface area contributed by atoms with E-state index in [4.69, 9.17) is 4.42 Å². The van der Waals surface area contributed by atoms with E-state index in [0.29, 0.717) is 22.6 Å². The van der Waals surface area contributed by atoms with Crippen LogP contribution in [0.1, 0.15) is 32.0 Å². The second-order valence-corrected chi connectivity index (χ2v) is 5.78. The number of nitrogens with zero attached hydrogens (tertiary/aromatic N) is 1. The van der Waals surface area contributed by atoms with Crippen molar-refractivity contribution in [3.05, 3.63) is 83.1 Å². The summed E-state index contributed by atoms with van der Waals surface area (Å²) in [5.41, 5.74) is 5.21. The number of furan rings is 1. The zero-order valence-corrected chi connectivity index (χ0v) is 14.9. The van der Waals surface area contributed by atoms with Gasteiger partial charge < -0.3 is 9.15 Å². The van der Waals surface area contributed by atoms with E-state index in [1.807, 2.05) is 19.1 Å². The molecule has 0 aliphatic carbocycles. The van der Waals surface area contributed by atoms with E-state index in [2.05, 4.69) is 15.3 Å². The molecular formula is C21H18N2O4.